The zero-order valence-corrected chi connectivity index (χ0v) is 11.5. The number of methoxy groups -OCH3 is 1. The van der Waals surface area contributed by atoms with E-state index in [0.717, 1.165) is 32.5 Å². The first-order chi connectivity index (χ1) is 7.92. The van der Waals surface area contributed by atoms with Gasteiger partial charge in [-0.1, -0.05) is 0 Å². The van der Waals surface area contributed by atoms with Gasteiger partial charge in [-0.3, -0.25) is 4.79 Å². The Hall–Kier alpha value is -0.610. The molecule has 100 valence electrons. The number of amides is 1. The van der Waals surface area contributed by atoms with E-state index in [1.165, 1.54) is 0 Å². The zero-order chi connectivity index (χ0) is 12.9. The summed E-state index contributed by atoms with van der Waals surface area (Å²) >= 11 is 0. The van der Waals surface area contributed by atoms with Crippen molar-refractivity contribution in [2.24, 2.45) is 5.92 Å². The molecule has 1 atom stereocenters. The van der Waals surface area contributed by atoms with Crippen LogP contribution >= 0.6 is 0 Å². The smallest absolute Gasteiger partial charge is 0.248 e. The number of rotatable bonds is 4. The highest BCUT2D eigenvalue weighted by atomic mass is 16.5. The predicted molar refractivity (Wildman–Crippen MR) is 66.9 cm³/mol. The van der Waals surface area contributed by atoms with Crippen molar-refractivity contribution in [3.63, 3.8) is 0 Å². The van der Waals surface area contributed by atoms with Crippen LogP contribution in [0.2, 0.25) is 0 Å². The summed E-state index contributed by atoms with van der Waals surface area (Å²) < 4.78 is 10.7. The molecule has 1 amide bonds. The highest BCUT2D eigenvalue weighted by molar-refractivity contribution is 5.77. The SMILES string of the molecule is COCC1CCCN(C(=O)COC(C)(C)C)C1. The van der Waals surface area contributed by atoms with Gasteiger partial charge in [0.05, 0.1) is 12.2 Å². The third-order valence-electron chi connectivity index (χ3n) is 2.90. The fourth-order valence-corrected chi connectivity index (χ4v) is 2.03. The Balaban J connectivity index is 2.36. The molecule has 0 N–H and O–H groups in total. The number of ether oxygens (including phenoxy) is 2. The van der Waals surface area contributed by atoms with Crippen LogP contribution in [0.5, 0.6) is 0 Å². The molecule has 1 heterocycles. The van der Waals surface area contributed by atoms with Crippen LogP contribution in [0.4, 0.5) is 0 Å². The Morgan fingerprint density at radius 3 is 2.71 bits per heavy atom. The molecule has 1 aliphatic heterocycles. The zero-order valence-electron chi connectivity index (χ0n) is 11.5. The topological polar surface area (TPSA) is 38.8 Å². The van der Waals surface area contributed by atoms with Gasteiger partial charge in [-0.25, -0.2) is 0 Å². The van der Waals surface area contributed by atoms with E-state index in [2.05, 4.69) is 0 Å². The van der Waals surface area contributed by atoms with Crippen molar-refractivity contribution in [2.75, 3.05) is 33.4 Å². The monoisotopic (exact) mass is 243 g/mol. The summed E-state index contributed by atoms with van der Waals surface area (Å²) in [7, 11) is 1.71. The molecule has 1 fully saturated rings. The van der Waals surface area contributed by atoms with Crippen molar-refractivity contribution in [1.82, 2.24) is 4.90 Å². The molecule has 1 unspecified atom stereocenters. The van der Waals surface area contributed by atoms with Crippen LogP contribution in [0, 0.1) is 5.92 Å². The van der Waals surface area contributed by atoms with Crippen molar-refractivity contribution >= 4 is 5.91 Å². The number of hydrogen-bond acceptors (Lipinski definition) is 3. The molecule has 4 heteroatoms. The molecule has 0 aromatic rings. The van der Waals surface area contributed by atoms with Gasteiger partial charge in [0.25, 0.3) is 0 Å². The third kappa shape index (κ3) is 5.50. The average molecular weight is 243 g/mol. The highest BCUT2D eigenvalue weighted by Gasteiger charge is 2.24. The van der Waals surface area contributed by atoms with Crippen molar-refractivity contribution in [2.45, 2.75) is 39.2 Å². The average Bonchev–Trinajstić information content (AvgIpc) is 2.26. The molecule has 0 aromatic heterocycles. The summed E-state index contributed by atoms with van der Waals surface area (Å²) in [5, 5.41) is 0. The van der Waals surface area contributed by atoms with Gasteiger partial charge in [-0.05, 0) is 39.5 Å². The van der Waals surface area contributed by atoms with Crippen LogP contribution < -0.4 is 0 Å². The molecule has 0 aliphatic carbocycles. The Morgan fingerprint density at radius 2 is 2.12 bits per heavy atom. The van der Waals surface area contributed by atoms with E-state index in [0.29, 0.717) is 5.92 Å². The first-order valence-electron chi connectivity index (χ1n) is 6.33. The van der Waals surface area contributed by atoms with Crippen LogP contribution in [-0.2, 0) is 14.3 Å². The highest BCUT2D eigenvalue weighted by Crippen LogP contribution is 2.17. The molecule has 0 radical (unpaired) electrons. The second-order valence-corrected chi connectivity index (χ2v) is 5.70. The molecule has 1 rings (SSSR count). The number of carbonyl (C=O) groups excluding carboxylic acids is 1. The first-order valence-corrected chi connectivity index (χ1v) is 6.33. The van der Waals surface area contributed by atoms with Gasteiger partial charge in [0.1, 0.15) is 6.61 Å². The molecule has 1 saturated heterocycles. The standard InChI is InChI=1S/C13H25NO3/c1-13(2,3)17-10-12(15)14-7-5-6-11(8-14)9-16-4/h11H,5-10H2,1-4H3. The van der Waals surface area contributed by atoms with Gasteiger partial charge < -0.3 is 14.4 Å². The molecule has 4 nitrogen and oxygen atoms in total. The number of nitrogens with zero attached hydrogens (tertiary/aromatic N) is 1. The van der Waals surface area contributed by atoms with E-state index in [4.69, 9.17) is 9.47 Å². The Bertz CT molecular complexity index is 246. The van der Waals surface area contributed by atoms with Crippen LogP contribution in [0.3, 0.4) is 0 Å². The van der Waals surface area contributed by atoms with Gasteiger partial charge in [0.2, 0.25) is 5.91 Å². The third-order valence-corrected chi connectivity index (χ3v) is 2.90. The Morgan fingerprint density at radius 1 is 1.41 bits per heavy atom. The summed E-state index contributed by atoms with van der Waals surface area (Å²) in [6, 6.07) is 0. The lowest BCUT2D eigenvalue weighted by Gasteiger charge is -2.33. The van der Waals surface area contributed by atoms with Crippen molar-refractivity contribution in [1.29, 1.82) is 0 Å². The van der Waals surface area contributed by atoms with Crippen molar-refractivity contribution in [3.05, 3.63) is 0 Å². The van der Waals surface area contributed by atoms with E-state index in [-0.39, 0.29) is 18.1 Å². The molecule has 0 bridgehead atoms. The van der Waals surface area contributed by atoms with Gasteiger partial charge in [-0.15, -0.1) is 0 Å². The fraction of sp³-hybridized carbons (Fsp3) is 0.923. The lowest BCUT2D eigenvalue weighted by atomic mass is 9.99. The molecule has 17 heavy (non-hydrogen) atoms. The molecular weight excluding hydrogens is 218 g/mol. The van der Waals surface area contributed by atoms with Gasteiger partial charge in [-0.2, -0.15) is 0 Å². The fourth-order valence-electron chi connectivity index (χ4n) is 2.03. The Kier molecular flexibility index (Phi) is 5.40. The lowest BCUT2D eigenvalue weighted by Crippen LogP contribution is -2.43. The lowest BCUT2D eigenvalue weighted by molar-refractivity contribution is -0.143. The molecular formula is C13H25NO3. The minimum Gasteiger partial charge on any atom is -0.384 e. The van der Waals surface area contributed by atoms with Gasteiger partial charge in [0, 0.05) is 20.2 Å². The number of piperidine rings is 1. The minimum absolute atomic E-state index is 0.0979. The van der Waals surface area contributed by atoms with Crippen LogP contribution in [0.15, 0.2) is 0 Å². The van der Waals surface area contributed by atoms with Crippen LogP contribution in [-0.4, -0.2) is 49.8 Å². The minimum atomic E-state index is -0.253. The van der Waals surface area contributed by atoms with E-state index in [1.807, 2.05) is 25.7 Å². The summed E-state index contributed by atoms with van der Waals surface area (Å²) in [6.07, 6.45) is 2.22. The number of hydrogen-bond donors (Lipinski definition) is 0. The molecule has 0 spiro atoms. The van der Waals surface area contributed by atoms with E-state index < -0.39 is 0 Å². The summed E-state index contributed by atoms with van der Waals surface area (Å²) in [5.41, 5.74) is -0.253. The maximum absolute atomic E-state index is 12.0. The predicted octanol–water partition coefficient (Wildman–Crippen LogP) is 1.69. The Labute approximate surface area is 104 Å². The van der Waals surface area contributed by atoms with E-state index >= 15 is 0 Å². The molecule has 0 saturated carbocycles. The van der Waals surface area contributed by atoms with Crippen molar-refractivity contribution in [3.8, 4) is 0 Å². The number of likely N-dealkylation sites (tertiary alicyclic amines) is 1. The quantitative estimate of drug-likeness (QED) is 0.754. The molecule has 1 aliphatic rings. The van der Waals surface area contributed by atoms with Crippen molar-refractivity contribution < 1.29 is 14.3 Å². The maximum atomic E-state index is 12.0. The normalized spacial score (nSPS) is 21.6. The first kappa shape index (κ1) is 14.5. The summed E-state index contributed by atoms with van der Waals surface area (Å²) in [5.74, 6) is 0.577. The van der Waals surface area contributed by atoms with Gasteiger partial charge >= 0.3 is 0 Å². The second-order valence-electron chi connectivity index (χ2n) is 5.70. The largest absolute Gasteiger partial charge is 0.384 e. The summed E-state index contributed by atoms with van der Waals surface area (Å²) in [6.45, 7) is 8.47. The maximum Gasteiger partial charge on any atom is 0.248 e. The van der Waals surface area contributed by atoms with E-state index in [9.17, 15) is 4.79 Å². The summed E-state index contributed by atoms with van der Waals surface area (Å²) in [4.78, 5) is 13.9. The second kappa shape index (κ2) is 6.36. The van der Waals surface area contributed by atoms with E-state index in [1.54, 1.807) is 7.11 Å². The van der Waals surface area contributed by atoms with Crippen LogP contribution in [0.25, 0.3) is 0 Å². The van der Waals surface area contributed by atoms with Crippen LogP contribution in [0.1, 0.15) is 33.6 Å². The number of carbonyl (C=O) groups is 1. The molecule has 0 aromatic carbocycles. The van der Waals surface area contributed by atoms with Gasteiger partial charge in [0.15, 0.2) is 0 Å².